The zero-order chi connectivity index (χ0) is 12.4. The molecule has 88 valence electrons. The Labute approximate surface area is 103 Å². The van der Waals surface area contributed by atoms with Gasteiger partial charge >= 0.3 is 5.97 Å². The van der Waals surface area contributed by atoms with Gasteiger partial charge in [0.2, 0.25) is 5.76 Å². The molecule has 1 heterocycles. The van der Waals surface area contributed by atoms with Crippen LogP contribution in [-0.4, -0.2) is 11.1 Å². The van der Waals surface area contributed by atoms with Gasteiger partial charge < -0.3 is 9.26 Å². The van der Waals surface area contributed by atoms with Crippen LogP contribution in [0.1, 0.15) is 21.7 Å². The van der Waals surface area contributed by atoms with Crippen LogP contribution in [0, 0.1) is 13.8 Å². The third-order valence-electron chi connectivity index (χ3n) is 2.26. The van der Waals surface area contributed by atoms with Crippen LogP contribution in [0.15, 0.2) is 28.9 Å². The molecule has 0 saturated carbocycles. The summed E-state index contributed by atoms with van der Waals surface area (Å²) in [6.07, 6.45) is 1.38. The minimum atomic E-state index is -0.580. The Bertz CT molecular complexity index is 526. The van der Waals surface area contributed by atoms with Crippen molar-refractivity contribution in [2.45, 2.75) is 13.8 Å². The van der Waals surface area contributed by atoms with Crippen molar-refractivity contribution in [3.63, 3.8) is 0 Å². The first-order valence-electron chi connectivity index (χ1n) is 4.97. The molecule has 0 unspecified atom stereocenters. The number of esters is 1. The van der Waals surface area contributed by atoms with E-state index >= 15 is 0 Å². The monoisotopic (exact) mass is 251 g/mol. The first-order valence-corrected chi connectivity index (χ1v) is 5.35. The molecule has 0 radical (unpaired) electrons. The molecule has 5 heteroatoms. The molecule has 0 amide bonds. The van der Waals surface area contributed by atoms with Gasteiger partial charge in [0.1, 0.15) is 5.75 Å². The quantitative estimate of drug-likeness (QED) is 0.608. The molecule has 4 nitrogen and oxygen atoms in total. The fraction of sp³-hybridized carbons (Fsp3) is 0.167. The number of carbonyl (C=O) groups is 1. The summed E-state index contributed by atoms with van der Waals surface area (Å²) in [5.41, 5.74) is 1.71. The molecule has 0 atom stereocenters. The summed E-state index contributed by atoms with van der Waals surface area (Å²) in [5.74, 6) is -0.0790. The summed E-state index contributed by atoms with van der Waals surface area (Å²) in [6, 6.07) is 4.84. The van der Waals surface area contributed by atoms with E-state index in [9.17, 15) is 4.79 Å². The molecule has 2 rings (SSSR count). The Morgan fingerprint density at radius 1 is 1.35 bits per heavy atom. The standard InChI is InChI=1S/C12H10ClNO3/c1-7-5-9(6-8(2)11(7)13)16-12(15)10-3-4-14-17-10/h3-6H,1-2H3. The average molecular weight is 252 g/mol. The molecular formula is C12H10ClNO3. The van der Waals surface area contributed by atoms with E-state index in [0.717, 1.165) is 11.1 Å². The van der Waals surface area contributed by atoms with Gasteiger partial charge in [0.15, 0.2) is 0 Å². The summed E-state index contributed by atoms with van der Waals surface area (Å²) in [4.78, 5) is 11.6. The summed E-state index contributed by atoms with van der Waals surface area (Å²) >= 11 is 6.02. The summed E-state index contributed by atoms with van der Waals surface area (Å²) in [6.45, 7) is 3.70. The zero-order valence-electron chi connectivity index (χ0n) is 9.36. The molecule has 0 spiro atoms. The van der Waals surface area contributed by atoms with Crippen molar-refractivity contribution >= 4 is 17.6 Å². The second kappa shape index (κ2) is 4.59. The van der Waals surface area contributed by atoms with Crippen molar-refractivity contribution in [2.24, 2.45) is 0 Å². The fourth-order valence-electron chi connectivity index (χ4n) is 1.44. The Morgan fingerprint density at radius 3 is 2.53 bits per heavy atom. The molecule has 0 N–H and O–H groups in total. The van der Waals surface area contributed by atoms with Crippen LogP contribution in [-0.2, 0) is 0 Å². The molecule has 2 aromatic rings. The Hall–Kier alpha value is -1.81. The lowest BCUT2D eigenvalue weighted by Crippen LogP contribution is -2.07. The number of nitrogens with zero attached hydrogens (tertiary/aromatic N) is 1. The predicted octanol–water partition coefficient (Wildman–Crippen LogP) is 3.16. The lowest BCUT2D eigenvalue weighted by atomic mass is 10.1. The molecule has 17 heavy (non-hydrogen) atoms. The van der Waals surface area contributed by atoms with E-state index in [2.05, 4.69) is 5.16 Å². The van der Waals surface area contributed by atoms with Gasteiger partial charge in [0, 0.05) is 11.1 Å². The molecule has 1 aromatic heterocycles. The Morgan fingerprint density at radius 2 is 2.00 bits per heavy atom. The minimum absolute atomic E-state index is 0.0651. The van der Waals surface area contributed by atoms with E-state index < -0.39 is 5.97 Å². The minimum Gasteiger partial charge on any atom is -0.421 e. The normalized spacial score (nSPS) is 10.3. The van der Waals surface area contributed by atoms with E-state index in [1.165, 1.54) is 12.3 Å². The SMILES string of the molecule is Cc1cc(OC(=O)c2ccno2)cc(C)c1Cl. The zero-order valence-corrected chi connectivity index (χ0v) is 10.1. The molecule has 0 fully saturated rings. The smallest absolute Gasteiger partial charge is 0.382 e. The molecule has 0 bridgehead atoms. The van der Waals surface area contributed by atoms with Crippen LogP contribution >= 0.6 is 11.6 Å². The maximum absolute atomic E-state index is 11.6. The number of hydrogen-bond acceptors (Lipinski definition) is 4. The summed E-state index contributed by atoms with van der Waals surface area (Å²) in [5, 5.41) is 4.11. The molecule has 0 saturated heterocycles. The second-order valence-electron chi connectivity index (χ2n) is 3.64. The number of aromatic nitrogens is 1. The van der Waals surface area contributed by atoms with Crippen molar-refractivity contribution in [1.82, 2.24) is 5.16 Å². The van der Waals surface area contributed by atoms with Crippen molar-refractivity contribution in [3.8, 4) is 5.75 Å². The van der Waals surface area contributed by atoms with Crippen LogP contribution in [0.4, 0.5) is 0 Å². The van der Waals surface area contributed by atoms with Gasteiger partial charge in [-0.15, -0.1) is 0 Å². The van der Waals surface area contributed by atoms with Crippen molar-refractivity contribution < 1.29 is 14.1 Å². The van der Waals surface area contributed by atoms with Gasteiger partial charge in [0.05, 0.1) is 6.20 Å². The van der Waals surface area contributed by atoms with Crippen molar-refractivity contribution in [2.75, 3.05) is 0 Å². The number of halogens is 1. The van der Waals surface area contributed by atoms with Crippen molar-refractivity contribution in [1.29, 1.82) is 0 Å². The third kappa shape index (κ3) is 2.47. The first kappa shape index (κ1) is 11.7. The maximum Gasteiger partial charge on any atom is 0.382 e. The molecule has 0 aliphatic rings. The summed E-state index contributed by atoms with van der Waals surface area (Å²) in [7, 11) is 0. The highest BCUT2D eigenvalue weighted by molar-refractivity contribution is 6.32. The average Bonchev–Trinajstić information content (AvgIpc) is 2.79. The lowest BCUT2D eigenvalue weighted by molar-refractivity contribution is 0.0691. The van der Waals surface area contributed by atoms with Gasteiger partial charge in [0.25, 0.3) is 0 Å². The second-order valence-corrected chi connectivity index (χ2v) is 4.02. The Kier molecular flexibility index (Phi) is 3.15. The van der Waals surface area contributed by atoms with Crippen LogP contribution < -0.4 is 4.74 Å². The fourth-order valence-corrected chi connectivity index (χ4v) is 1.55. The van der Waals surface area contributed by atoms with Gasteiger partial charge in [-0.1, -0.05) is 16.8 Å². The van der Waals surface area contributed by atoms with E-state index in [0.29, 0.717) is 10.8 Å². The van der Waals surface area contributed by atoms with E-state index in [1.807, 2.05) is 13.8 Å². The van der Waals surface area contributed by atoms with Crippen molar-refractivity contribution in [3.05, 3.63) is 46.3 Å². The summed E-state index contributed by atoms with van der Waals surface area (Å²) < 4.78 is 9.85. The molecule has 1 aromatic carbocycles. The highest BCUT2D eigenvalue weighted by Gasteiger charge is 2.13. The first-order chi connectivity index (χ1) is 8.08. The molecule has 0 aliphatic heterocycles. The van der Waals surface area contributed by atoms with E-state index in [4.69, 9.17) is 20.9 Å². The van der Waals surface area contributed by atoms with Crippen LogP contribution in [0.25, 0.3) is 0 Å². The van der Waals surface area contributed by atoms with E-state index in [1.54, 1.807) is 12.1 Å². The van der Waals surface area contributed by atoms with Gasteiger partial charge in [-0.05, 0) is 37.1 Å². The number of benzene rings is 1. The molecular weight excluding hydrogens is 242 g/mol. The van der Waals surface area contributed by atoms with Crippen LogP contribution in [0.3, 0.4) is 0 Å². The highest BCUT2D eigenvalue weighted by Crippen LogP contribution is 2.26. The highest BCUT2D eigenvalue weighted by atomic mass is 35.5. The van der Waals surface area contributed by atoms with Gasteiger partial charge in [-0.3, -0.25) is 0 Å². The van der Waals surface area contributed by atoms with E-state index in [-0.39, 0.29) is 5.76 Å². The third-order valence-corrected chi connectivity index (χ3v) is 2.86. The lowest BCUT2D eigenvalue weighted by Gasteiger charge is -2.07. The topological polar surface area (TPSA) is 52.3 Å². The van der Waals surface area contributed by atoms with Gasteiger partial charge in [-0.25, -0.2) is 4.79 Å². The Balaban J connectivity index is 2.22. The predicted molar refractivity (Wildman–Crippen MR) is 62.4 cm³/mol. The number of carbonyl (C=O) groups excluding carboxylic acids is 1. The number of rotatable bonds is 2. The van der Waals surface area contributed by atoms with Crippen LogP contribution in [0.5, 0.6) is 5.75 Å². The largest absolute Gasteiger partial charge is 0.421 e. The van der Waals surface area contributed by atoms with Gasteiger partial charge in [-0.2, -0.15) is 0 Å². The maximum atomic E-state index is 11.6. The van der Waals surface area contributed by atoms with Crippen LogP contribution in [0.2, 0.25) is 5.02 Å². The number of hydrogen-bond donors (Lipinski definition) is 0. The number of ether oxygens (including phenoxy) is 1. The number of aryl methyl sites for hydroxylation is 2. The molecule has 0 aliphatic carbocycles.